The minimum atomic E-state index is -4.83. The number of anilines is 4. The summed E-state index contributed by atoms with van der Waals surface area (Å²) in [7, 11) is 1.17. The molecule has 0 aliphatic carbocycles. The molecule has 228 valence electrons. The molecule has 43 heavy (non-hydrogen) atoms. The summed E-state index contributed by atoms with van der Waals surface area (Å²) in [5.74, 6) is 0.395. The SMILES string of the molecule is CCNc1nc(Nc2cc(C#N)cc(N3CC[C@@H](NC(=O)OC)[C@@H](NCC(O)C(F)(F)F)C3)c2Cl)nn2c(C#N)cnc12. The van der Waals surface area contributed by atoms with Gasteiger partial charge < -0.3 is 36.0 Å². The zero-order valence-corrected chi connectivity index (χ0v) is 23.7. The van der Waals surface area contributed by atoms with Crippen LogP contribution in [0.1, 0.15) is 24.6 Å². The van der Waals surface area contributed by atoms with Crippen molar-refractivity contribution in [3.63, 3.8) is 0 Å². The number of halogens is 4. The zero-order chi connectivity index (χ0) is 31.3. The number of alkyl halides is 3. The van der Waals surface area contributed by atoms with Gasteiger partial charge in [-0.05, 0) is 25.5 Å². The first-order chi connectivity index (χ1) is 20.5. The highest BCUT2D eigenvalue weighted by molar-refractivity contribution is 6.36. The van der Waals surface area contributed by atoms with Gasteiger partial charge >= 0.3 is 12.3 Å². The van der Waals surface area contributed by atoms with Crippen LogP contribution in [0.25, 0.3) is 5.65 Å². The number of carbonyl (C=O) groups is 1. The van der Waals surface area contributed by atoms with Gasteiger partial charge in [0, 0.05) is 32.2 Å². The van der Waals surface area contributed by atoms with Crippen molar-refractivity contribution in [1.82, 2.24) is 30.2 Å². The summed E-state index contributed by atoms with van der Waals surface area (Å²) in [5, 5.41) is 44.6. The van der Waals surface area contributed by atoms with Crippen molar-refractivity contribution < 1.29 is 27.8 Å². The summed E-state index contributed by atoms with van der Waals surface area (Å²) in [6.07, 6.45) is -6.59. The van der Waals surface area contributed by atoms with Gasteiger partial charge in [-0.2, -0.15) is 33.2 Å². The summed E-state index contributed by atoms with van der Waals surface area (Å²) in [6, 6.07) is 5.68. The minimum absolute atomic E-state index is 0.0440. The second kappa shape index (κ2) is 13.2. The Bertz CT molecular complexity index is 1570. The molecular weight excluding hydrogens is 595 g/mol. The lowest BCUT2D eigenvalue weighted by Gasteiger charge is -2.41. The molecule has 5 N–H and O–H groups in total. The standard InChI is InChI=1S/C25H27ClF3N11O3/c1-3-32-21-22-34-10-14(9-31)40(22)38-23(37-21)35-16-6-13(8-30)7-18(20(16)26)39-5-4-15(36-24(42)43-2)17(12-39)33-11-19(41)25(27,28)29/h6-7,10,15,17,19,33,41H,3-5,11-12H2,1-2H3,(H,36,42)(H2,32,35,37,38)/t15-,17+,19?/m1/s1. The van der Waals surface area contributed by atoms with Gasteiger partial charge in [0.05, 0.1) is 47.4 Å². The van der Waals surface area contributed by atoms with Gasteiger partial charge in [0.25, 0.3) is 0 Å². The van der Waals surface area contributed by atoms with Crippen LogP contribution in [-0.2, 0) is 4.74 Å². The van der Waals surface area contributed by atoms with Gasteiger partial charge in [-0.25, -0.2) is 9.78 Å². The largest absolute Gasteiger partial charge is 0.453 e. The van der Waals surface area contributed by atoms with Crippen LogP contribution in [0.15, 0.2) is 18.3 Å². The van der Waals surface area contributed by atoms with E-state index in [-0.39, 0.29) is 40.9 Å². The van der Waals surface area contributed by atoms with Crippen molar-refractivity contribution in [3.05, 3.63) is 34.6 Å². The number of hydrogen-bond acceptors (Lipinski definition) is 12. The van der Waals surface area contributed by atoms with Gasteiger partial charge in [0.1, 0.15) is 6.07 Å². The molecule has 1 amide bonds. The predicted octanol–water partition coefficient (Wildman–Crippen LogP) is 2.51. The smallest absolute Gasteiger partial charge is 0.415 e. The van der Waals surface area contributed by atoms with Gasteiger partial charge in [-0.1, -0.05) is 11.6 Å². The van der Waals surface area contributed by atoms with Crippen molar-refractivity contribution in [2.45, 2.75) is 37.7 Å². The summed E-state index contributed by atoms with van der Waals surface area (Å²) in [6.45, 7) is 1.91. The number of fused-ring (bicyclic) bond motifs is 1. The number of nitrogens with zero attached hydrogens (tertiary/aromatic N) is 7. The van der Waals surface area contributed by atoms with Crippen LogP contribution < -0.4 is 26.2 Å². The molecule has 14 nitrogen and oxygen atoms in total. The topological polar surface area (TPSA) is 189 Å². The van der Waals surface area contributed by atoms with Gasteiger partial charge in [0.15, 0.2) is 23.3 Å². The van der Waals surface area contributed by atoms with Crippen LogP contribution in [0.4, 0.5) is 41.1 Å². The highest BCUT2D eigenvalue weighted by atomic mass is 35.5. The fraction of sp³-hybridized carbons (Fsp3) is 0.440. The second-order valence-electron chi connectivity index (χ2n) is 9.45. The molecule has 1 fully saturated rings. The lowest BCUT2D eigenvalue weighted by molar-refractivity contribution is -0.202. The van der Waals surface area contributed by atoms with E-state index in [2.05, 4.69) is 47.1 Å². The highest BCUT2D eigenvalue weighted by Crippen LogP contribution is 2.37. The number of aliphatic hydroxyl groups is 1. The molecule has 0 radical (unpaired) electrons. The first-order valence-electron chi connectivity index (χ1n) is 13.0. The number of benzene rings is 1. The number of aromatic nitrogens is 4. The predicted molar refractivity (Wildman–Crippen MR) is 149 cm³/mol. The number of alkyl carbamates (subject to hydrolysis) is 1. The van der Waals surface area contributed by atoms with Crippen LogP contribution in [-0.4, -0.2) is 88.4 Å². The third-order valence-corrected chi connectivity index (χ3v) is 7.04. The Morgan fingerprint density at radius 1 is 1.30 bits per heavy atom. The van der Waals surface area contributed by atoms with E-state index >= 15 is 0 Å². The maximum atomic E-state index is 13.0. The van der Waals surface area contributed by atoms with Crippen molar-refractivity contribution >= 4 is 46.5 Å². The van der Waals surface area contributed by atoms with E-state index in [1.54, 1.807) is 4.90 Å². The molecule has 1 aliphatic heterocycles. The Balaban J connectivity index is 1.66. The van der Waals surface area contributed by atoms with Gasteiger partial charge in [-0.3, -0.25) is 0 Å². The molecule has 1 aromatic carbocycles. The number of amides is 1. The molecule has 3 heterocycles. The number of imidazole rings is 1. The van der Waals surface area contributed by atoms with E-state index < -0.39 is 37.0 Å². The molecular formula is C25H27ClF3N11O3. The normalized spacial score (nSPS) is 17.6. The lowest BCUT2D eigenvalue weighted by atomic mass is 9.98. The molecule has 1 unspecified atom stereocenters. The molecule has 0 bridgehead atoms. The van der Waals surface area contributed by atoms with Crippen LogP contribution in [0, 0.1) is 22.7 Å². The average molecular weight is 622 g/mol. The van der Waals surface area contributed by atoms with Crippen LogP contribution >= 0.6 is 11.6 Å². The van der Waals surface area contributed by atoms with Crippen molar-refractivity contribution in [3.8, 4) is 12.1 Å². The molecule has 4 rings (SSSR count). The number of nitrogens with one attached hydrogen (secondary N) is 4. The Morgan fingerprint density at radius 2 is 2.07 bits per heavy atom. The third kappa shape index (κ3) is 7.08. The number of methoxy groups -OCH3 is 1. The quantitative estimate of drug-likeness (QED) is 0.235. The minimum Gasteiger partial charge on any atom is -0.453 e. The number of ether oxygens (including phenoxy) is 1. The summed E-state index contributed by atoms with van der Waals surface area (Å²) in [4.78, 5) is 22.3. The average Bonchev–Trinajstić information content (AvgIpc) is 3.40. The molecule has 0 spiro atoms. The molecule has 2 aromatic heterocycles. The molecule has 1 aliphatic rings. The monoisotopic (exact) mass is 621 g/mol. The van der Waals surface area contributed by atoms with E-state index in [4.69, 9.17) is 11.6 Å². The molecule has 3 aromatic rings. The molecule has 0 saturated carbocycles. The number of carbonyl (C=O) groups excluding carboxylic acids is 1. The second-order valence-corrected chi connectivity index (χ2v) is 9.83. The number of nitriles is 2. The number of rotatable bonds is 9. The van der Waals surface area contributed by atoms with Crippen LogP contribution in [0.3, 0.4) is 0 Å². The summed E-state index contributed by atoms with van der Waals surface area (Å²) in [5.41, 5.74) is 1.34. The van der Waals surface area contributed by atoms with E-state index in [9.17, 15) is 33.6 Å². The lowest BCUT2D eigenvalue weighted by Crippen LogP contribution is -2.61. The number of aliphatic hydroxyl groups excluding tert-OH is 1. The van der Waals surface area contributed by atoms with Crippen molar-refractivity contribution in [2.24, 2.45) is 0 Å². The van der Waals surface area contributed by atoms with Gasteiger partial charge in [-0.15, -0.1) is 5.10 Å². The maximum Gasteiger partial charge on any atom is 0.415 e. The Kier molecular flexibility index (Phi) is 9.59. The molecule has 1 saturated heterocycles. The molecule has 18 heteroatoms. The summed E-state index contributed by atoms with van der Waals surface area (Å²) < 4.78 is 44.8. The van der Waals surface area contributed by atoms with E-state index in [1.807, 2.05) is 13.0 Å². The van der Waals surface area contributed by atoms with E-state index in [0.717, 1.165) is 0 Å². The first-order valence-corrected chi connectivity index (χ1v) is 13.3. The Morgan fingerprint density at radius 3 is 2.72 bits per heavy atom. The first kappa shape index (κ1) is 31.4. The van der Waals surface area contributed by atoms with E-state index in [1.165, 1.54) is 30.0 Å². The van der Waals surface area contributed by atoms with Crippen LogP contribution in [0.5, 0.6) is 0 Å². The highest BCUT2D eigenvalue weighted by Gasteiger charge is 2.39. The van der Waals surface area contributed by atoms with Gasteiger partial charge in [0.2, 0.25) is 5.95 Å². The van der Waals surface area contributed by atoms with Crippen molar-refractivity contribution in [2.75, 3.05) is 48.8 Å². The number of hydrogen-bond donors (Lipinski definition) is 5. The fourth-order valence-electron chi connectivity index (χ4n) is 4.55. The fourth-order valence-corrected chi connectivity index (χ4v) is 4.83. The summed E-state index contributed by atoms with van der Waals surface area (Å²) >= 11 is 6.80. The Hall–Kier alpha value is -4.58. The van der Waals surface area contributed by atoms with Crippen LogP contribution in [0.2, 0.25) is 5.02 Å². The molecule has 3 atom stereocenters. The third-order valence-electron chi connectivity index (χ3n) is 6.64. The maximum absolute atomic E-state index is 13.0. The van der Waals surface area contributed by atoms with Crippen molar-refractivity contribution in [1.29, 1.82) is 10.5 Å². The zero-order valence-electron chi connectivity index (χ0n) is 22.9. The Labute approximate surface area is 248 Å². The number of piperidine rings is 1. The van der Waals surface area contributed by atoms with E-state index in [0.29, 0.717) is 30.2 Å².